The van der Waals surface area contributed by atoms with Crippen LogP contribution >= 0.6 is 0 Å². The Morgan fingerprint density at radius 1 is 1.11 bits per heavy atom. The second-order valence-electron chi connectivity index (χ2n) is 6.89. The Morgan fingerprint density at radius 3 is 2.78 bits per heavy atom. The van der Waals surface area contributed by atoms with Crippen LogP contribution in [-0.2, 0) is 16.0 Å². The predicted molar refractivity (Wildman–Crippen MR) is 108 cm³/mol. The zero-order chi connectivity index (χ0) is 18.6. The van der Waals surface area contributed by atoms with Gasteiger partial charge in [0, 0.05) is 37.0 Å². The van der Waals surface area contributed by atoms with E-state index in [-0.39, 0.29) is 5.91 Å². The molecule has 0 aliphatic carbocycles. The summed E-state index contributed by atoms with van der Waals surface area (Å²) in [7, 11) is 0. The predicted octanol–water partition coefficient (Wildman–Crippen LogP) is 3.42. The van der Waals surface area contributed by atoms with Crippen molar-refractivity contribution in [1.29, 1.82) is 0 Å². The van der Waals surface area contributed by atoms with Crippen molar-refractivity contribution < 1.29 is 14.3 Å². The molecule has 5 heteroatoms. The van der Waals surface area contributed by atoms with E-state index in [1.165, 1.54) is 11.3 Å². The number of morpholine rings is 1. The van der Waals surface area contributed by atoms with Crippen LogP contribution in [0.25, 0.3) is 6.08 Å². The average Bonchev–Trinajstić information content (AvgIpc) is 3.16. The Kier molecular flexibility index (Phi) is 5.12. The van der Waals surface area contributed by atoms with Gasteiger partial charge in [0.2, 0.25) is 5.91 Å². The van der Waals surface area contributed by atoms with Crippen LogP contribution < -0.4 is 15.0 Å². The Labute approximate surface area is 159 Å². The minimum absolute atomic E-state index is 0.131. The van der Waals surface area contributed by atoms with Crippen molar-refractivity contribution in [1.82, 2.24) is 0 Å². The number of carbonyl (C=O) groups excluding carboxylic acids is 1. The fourth-order valence-corrected chi connectivity index (χ4v) is 3.46. The first kappa shape index (κ1) is 17.6. The molecule has 140 valence electrons. The largest absolute Gasteiger partial charge is 0.493 e. The van der Waals surface area contributed by atoms with Crippen molar-refractivity contribution in [3.05, 3.63) is 59.2 Å². The molecular formula is C22H24N2O3. The first-order chi connectivity index (χ1) is 13.2. The van der Waals surface area contributed by atoms with Crippen LogP contribution in [0.1, 0.15) is 16.7 Å². The Balaban J connectivity index is 1.40. The van der Waals surface area contributed by atoms with E-state index in [4.69, 9.17) is 9.47 Å². The highest BCUT2D eigenvalue weighted by molar-refractivity contribution is 6.02. The summed E-state index contributed by atoms with van der Waals surface area (Å²) in [5.74, 6) is 0.821. The molecule has 27 heavy (non-hydrogen) atoms. The van der Waals surface area contributed by atoms with Crippen molar-refractivity contribution >= 4 is 23.4 Å². The Morgan fingerprint density at radius 2 is 1.96 bits per heavy atom. The number of anilines is 2. The molecule has 0 spiro atoms. The number of rotatable bonds is 4. The molecule has 4 rings (SSSR count). The quantitative estimate of drug-likeness (QED) is 0.845. The van der Waals surface area contributed by atoms with Crippen LogP contribution in [0.3, 0.4) is 0 Å². The summed E-state index contributed by atoms with van der Waals surface area (Å²) < 4.78 is 10.9. The van der Waals surface area contributed by atoms with Crippen LogP contribution in [0.4, 0.5) is 11.4 Å². The van der Waals surface area contributed by atoms with Crippen LogP contribution in [-0.4, -0.2) is 38.8 Å². The number of nitrogens with one attached hydrogen (secondary N) is 1. The number of ether oxygens (including phenoxy) is 2. The molecule has 1 N–H and O–H groups in total. The van der Waals surface area contributed by atoms with Gasteiger partial charge in [-0.15, -0.1) is 0 Å². The van der Waals surface area contributed by atoms with E-state index < -0.39 is 0 Å². The van der Waals surface area contributed by atoms with E-state index >= 15 is 0 Å². The molecule has 1 amide bonds. The molecule has 0 unspecified atom stereocenters. The van der Waals surface area contributed by atoms with E-state index in [1.807, 2.05) is 31.2 Å². The molecule has 2 aromatic carbocycles. The number of amides is 1. The molecule has 0 radical (unpaired) electrons. The Hall–Kier alpha value is -2.79. The highest BCUT2D eigenvalue weighted by atomic mass is 16.5. The molecule has 2 heterocycles. The second-order valence-corrected chi connectivity index (χ2v) is 6.89. The highest BCUT2D eigenvalue weighted by Crippen LogP contribution is 2.26. The highest BCUT2D eigenvalue weighted by Gasteiger charge is 2.13. The second kappa shape index (κ2) is 7.84. The number of nitrogens with zero attached hydrogens (tertiary/aromatic N) is 1. The van der Waals surface area contributed by atoms with Gasteiger partial charge in [-0.25, -0.2) is 0 Å². The van der Waals surface area contributed by atoms with Crippen LogP contribution in [0.15, 0.2) is 42.5 Å². The fraction of sp³-hybridized carbons (Fsp3) is 0.318. The number of benzene rings is 2. The van der Waals surface area contributed by atoms with Gasteiger partial charge in [0.25, 0.3) is 0 Å². The third-order valence-electron chi connectivity index (χ3n) is 4.98. The van der Waals surface area contributed by atoms with Crippen LogP contribution in [0.5, 0.6) is 5.75 Å². The third kappa shape index (κ3) is 4.14. The monoisotopic (exact) mass is 364 g/mol. The van der Waals surface area contributed by atoms with Gasteiger partial charge in [0.15, 0.2) is 0 Å². The van der Waals surface area contributed by atoms with Gasteiger partial charge in [0.05, 0.1) is 19.8 Å². The number of carbonyl (C=O) groups is 1. The zero-order valence-corrected chi connectivity index (χ0v) is 15.5. The van der Waals surface area contributed by atoms with E-state index in [9.17, 15) is 4.79 Å². The zero-order valence-electron chi connectivity index (χ0n) is 15.5. The molecule has 1 fully saturated rings. The van der Waals surface area contributed by atoms with Crippen molar-refractivity contribution in [3.8, 4) is 5.75 Å². The van der Waals surface area contributed by atoms with Gasteiger partial charge in [-0.05, 0) is 60.0 Å². The summed E-state index contributed by atoms with van der Waals surface area (Å²) in [5.41, 5.74) is 5.27. The van der Waals surface area contributed by atoms with E-state index in [2.05, 4.69) is 28.4 Å². The maximum atomic E-state index is 12.3. The normalized spacial score (nSPS) is 16.3. The van der Waals surface area contributed by atoms with Crippen molar-refractivity contribution in [3.63, 3.8) is 0 Å². The Bertz CT molecular complexity index is 870. The minimum atomic E-state index is -0.131. The first-order valence-corrected chi connectivity index (χ1v) is 9.37. The number of aryl methyl sites for hydroxylation is 1. The van der Waals surface area contributed by atoms with Crippen LogP contribution in [0.2, 0.25) is 0 Å². The van der Waals surface area contributed by atoms with Crippen molar-refractivity contribution in [2.75, 3.05) is 43.1 Å². The third-order valence-corrected chi connectivity index (χ3v) is 4.98. The lowest BCUT2D eigenvalue weighted by Gasteiger charge is -2.29. The molecule has 0 aromatic heterocycles. The molecule has 2 aliphatic rings. The van der Waals surface area contributed by atoms with Crippen LogP contribution in [0, 0.1) is 6.92 Å². The van der Waals surface area contributed by atoms with E-state index in [0.717, 1.165) is 61.9 Å². The average molecular weight is 364 g/mol. The topological polar surface area (TPSA) is 50.8 Å². The molecule has 2 aliphatic heterocycles. The standard InChI is InChI=1S/C22H24N2O3/c1-16-14-19(24-9-12-26-13-10-24)4-5-20(16)23-22(25)7-3-17-2-6-21-18(15-17)8-11-27-21/h2-7,14-15H,8-13H2,1H3,(H,23,25)/b7-3+. The van der Waals surface area contributed by atoms with Crippen molar-refractivity contribution in [2.45, 2.75) is 13.3 Å². The minimum Gasteiger partial charge on any atom is -0.493 e. The number of hydrogen-bond acceptors (Lipinski definition) is 4. The lowest BCUT2D eigenvalue weighted by atomic mass is 10.1. The summed E-state index contributed by atoms with van der Waals surface area (Å²) in [6, 6.07) is 12.2. The maximum Gasteiger partial charge on any atom is 0.248 e. The maximum absolute atomic E-state index is 12.3. The van der Waals surface area contributed by atoms with Gasteiger partial charge in [0.1, 0.15) is 5.75 Å². The van der Waals surface area contributed by atoms with Gasteiger partial charge in [-0.2, -0.15) is 0 Å². The SMILES string of the molecule is Cc1cc(N2CCOCC2)ccc1NC(=O)/C=C/c1ccc2c(c1)CCO2. The molecule has 5 nitrogen and oxygen atoms in total. The molecule has 0 saturated carbocycles. The van der Waals surface area contributed by atoms with E-state index in [0.29, 0.717) is 0 Å². The number of fused-ring (bicyclic) bond motifs is 1. The van der Waals surface area contributed by atoms with Gasteiger partial charge in [-0.3, -0.25) is 4.79 Å². The first-order valence-electron chi connectivity index (χ1n) is 9.37. The summed E-state index contributed by atoms with van der Waals surface area (Å²) in [6.07, 6.45) is 4.34. The lowest BCUT2D eigenvalue weighted by Crippen LogP contribution is -2.36. The van der Waals surface area contributed by atoms with Gasteiger partial charge >= 0.3 is 0 Å². The molecule has 1 saturated heterocycles. The number of hydrogen-bond donors (Lipinski definition) is 1. The summed E-state index contributed by atoms with van der Waals surface area (Å²) in [5, 5.41) is 2.97. The smallest absolute Gasteiger partial charge is 0.248 e. The van der Waals surface area contributed by atoms with Crippen molar-refractivity contribution in [2.24, 2.45) is 0 Å². The molecule has 2 aromatic rings. The summed E-state index contributed by atoms with van der Waals surface area (Å²) in [4.78, 5) is 14.6. The summed E-state index contributed by atoms with van der Waals surface area (Å²) >= 11 is 0. The van der Waals surface area contributed by atoms with E-state index in [1.54, 1.807) is 6.08 Å². The lowest BCUT2D eigenvalue weighted by molar-refractivity contribution is -0.111. The molecule has 0 bridgehead atoms. The van der Waals surface area contributed by atoms with Gasteiger partial charge < -0.3 is 19.7 Å². The fourth-order valence-electron chi connectivity index (χ4n) is 3.46. The molecule has 0 atom stereocenters. The van der Waals surface area contributed by atoms with Gasteiger partial charge in [-0.1, -0.05) is 6.07 Å². The molecular weight excluding hydrogens is 340 g/mol. The summed E-state index contributed by atoms with van der Waals surface area (Å²) in [6.45, 7) is 6.08.